The molecule has 0 saturated heterocycles. The van der Waals surface area contributed by atoms with Gasteiger partial charge < -0.3 is 4.57 Å². The van der Waals surface area contributed by atoms with E-state index >= 15 is 0 Å². The zero-order valence-electron chi connectivity index (χ0n) is 13.3. The quantitative estimate of drug-likeness (QED) is 0.661. The maximum Gasteiger partial charge on any atom is 0.101 e. The maximum atomic E-state index is 9.69. The molecule has 0 N–H and O–H groups in total. The van der Waals surface area contributed by atoms with Crippen molar-refractivity contribution in [2.45, 2.75) is 6.42 Å². The van der Waals surface area contributed by atoms with Crippen molar-refractivity contribution in [3.63, 3.8) is 0 Å². The molecule has 4 heteroatoms. The highest BCUT2D eigenvalue weighted by Crippen LogP contribution is 2.39. The first-order chi connectivity index (χ1) is 12.3. The molecule has 25 heavy (non-hydrogen) atoms. The van der Waals surface area contributed by atoms with Gasteiger partial charge in [-0.15, -0.1) is 0 Å². The Labute approximate surface area is 144 Å². The van der Waals surface area contributed by atoms with Crippen molar-refractivity contribution in [2.75, 3.05) is 0 Å². The van der Waals surface area contributed by atoms with Gasteiger partial charge in [0.05, 0.1) is 40.4 Å². The van der Waals surface area contributed by atoms with Gasteiger partial charge in [0.2, 0.25) is 0 Å². The van der Waals surface area contributed by atoms with Crippen LogP contribution in [0.5, 0.6) is 0 Å². The lowest BCUT2D eigenvalue weighted by Gasteiger charge is -2.22. The van der Waals surface area contributed by atoms with Crippen LogP contribution in [-0.2, 0) is 0 Å². The standard InChI is InChI=1S/C21H12N4/c22-11-14-9-15(12-23)21(16(10-14)13-24)25-19-7-3-1-5-17(19)18-6-2-4-8-20(18)25/h1-9,16H,10H2. The van der Waals surface area contributed by atoms with Gasteiger partial charge in [-0.1, -0.05) is 36.4 Å². The van der Waals surface area contributed by atoms with Crippen LogP contribution < -0.4 is 0 Å². The van der Waals surface area contributed by atoms with Crippen molar-refractivity contribution in [3.8, 4) is 18.2 Å². The smallest absolute Gasteiger partial charge is 0.101 e. The lowest BCUT2D eigenvalue weighted by Crippen LogP contribution is -2.14. The van der Waals surface area contributed by atoms with Crippen LogP contribution in [0, 0.1) is 39.9 Å². The zero-order valence-corrected chi connectivity index (χ0v) is 13.3. The molecule has 0 radical (unpaired) electrons. The summed E-state index contributed by atoms with van der Waals surface area (Å²) in [4.78, 5) is 0. The Morgan fingerprint density at radius 1 is 0.840 bits per heavy atom. The molecule has 0 saturated carbocycles. The number of fused-ring (bicyclic) bond motifs is 3. The molecule has 2 aromatic carbocycles. The summed E-state index contributed by atoms with van der Waals surface area (Å²) in [5.74, 6) is -0.534. The van der Waals surface area contributed by atoms with Crippen molar-refractivity contribution in [2.24, 2.45) is 5.92 Å². The number of hydrogen-bond acceptors (Lipinski definition) is 3. The highest BCUT2D eigenvalue weighted by atomic mass is 15.0. The molecule has 0 aliphatic heterocycles. The summed E-state index contributed by atoms with van der Waals surface area (Å²) in [6, 6.07) is 22.5. The molecular formula is C21H12N4. The average Bonchev–Trinajstić information content (AvgIpc) is 3.01. The second kappa shape index (κ2) is 5.68. The number of nitrogens with zero attached hydrogens (tertiary/aromatic N) is 4. The summed E-state index contributed by atoms with van der Waals surface area (Å²) in [6.07, 6.45) is 1.93. The minimum atomic E-state index is -0.534. The summed E-state index contributed by atoms with van der Waals surface area (Å²) >= 11 is 0. The van der Waals surface area contributed by atoms with Gasteiger partial charge in [0, 0.05) is 22.8 Å². The van der Waals surface area contributed by atoms with Crippen LogP contribution in [0.1, 0.15) is 6.42 Å². The van der Waals surface area contributed by atoms with Crippen LogP contribution >= 0.6 is 0 Å². The predicted octanol–water partition coefficient (Wildman–Crippen LogP) is 4.52. The van der Waals surface area contributed by atoms with E-state index < -0.39 is 5.92 Å². The van der Waals surface area contributed by atoms with Crippen LogP contribution in [0.15, 0.2) is 65.8 Å². The molecule has 1 aromatic heterocycles. The van der Waals surface area contributed by atoms with Gasteiger partial charge in [0.25, 0.3) is 0 Å². The molecule has 3 aromatic rings. The summed E-state index contributed by atoms with van der Waals surface area (Å²) in [5, 5.41) is 30.7. The van der Waals surface area contributed by atoms with Crippen LogP contribution in [0.25, 0.3) is 27.5 Å². The maximum absolute atomic E-state index is 9.69. The fourth-order valence-electron chi connectivity index (χ4n) is 3.54. The van der Waals surface area contributed by atoms with E-state index in [1.54, 1.807) is 6.08 Å². The molecule has 1 aliphatic rings. The number of nitriles is 3. The molecule has 0 spiro atoms. The SMILES string of the molecule is N#CC1=CC(C#N)=C(n2c3ccccc3c3ccccc32)C(C#N)C1. The molecule has 4 nitrogen and oxygen atoms in total. The molecule has 116 valence electrons. The van der Waals surface area contributed by atoms with E-state index in [4.69, 9.17) is 0 Å². The third kappa shape index (κ3) is 2.12. The third-order valence-corrected chi connectivity index (χ3v) is 4.59. The Morgan fingerprint density at radius 3 is 1.96 bits per heavy atom. The molecule has 0 amide bonds. The summed E-state index contributed by atoms with van der Waals surface area (Å²) in [7, 11) is 0. The Balaban J connectivity index is 2.18. The second-order valence-electron chi connectivity index (χ2n) is 5.95. The lowest BCUT2D eigenvalue weighted by atomic mass is 9.88. The van der Waals surface area contributed by atoms with E-state index in [1.807, 2.05) is 53.1 Å². The van der Waals surface area contributed by atoms with Crippen LogP contribution in [0.2, 0.25) is 0 Å². The van der Waals surface area contributed by atoms with E-state index in [0.717, 1.165) is 21.8 Å². The van der Waals surface area contributed by atoms with Crippen LogP contribution in [0.3, 0.4) is 0 Å². The molecule has 1 unspecified atom stereocenters. The Bertz CT molecular complexity index is 1150. The Kier molecular flexibility index (Phi) is 3.35. The number of para-hydroxylation sites is 2. The second-order valence-corrected chi connectivity index (χ2v) is 5.95. The van der Waals surface area contributed by atoms with E-state index in [9.17, 15) is 15.8 Å². The molecule has 1 atom stereocenters. The highest BCUT2D eigenvalue weighted by molar-refractivity contribution is 6.10. The number of rotatable bonds is 1. The van der Waals surface area contributed by atoms with E-state index in [2.05, 4.69) is 18.2 Å². The fraction of sp³-hybridized carbons (Fsp3) is 0.0952. The van der Waals surface area contributed by atoms with Gasteiger partial charge in [-0.25, -0.2) is 0 Å². The van der Waals surface area contributed by atoms with Crippen molar-refractivity contribution in [1.29, 1.82) is 15.8 Å². The van der Waals surface area contributed by atoms with Gasteiger partial charge in [-0.05, 0) is 18.2 Å². The Morgan fingerprint density at radius 2 is 1.44 bits per heavy atom. The molecule has 0 bridgehead atoms. The van der Waals surface area contributed by atoms with Gasteiger partial charge in [0.1, 0.15) is 6.07 Å². The average molecular weight is 320 g/mol. The monoisotopic (exact) mass is 320 g/mol. The first kappa shape index (κ1) is 14.8. The molecular weight excluding hydrogens is 308 g/mol. The minimum Gasteiger partial charge on any atom is -0.310 e. The first-order valence-electron chi connectivity index (χ1n) is 7.91. The van der Waals surface area contributed by atoms with Crippen LogP contribution in [0.4, 0.5) is 0 Å². The largest absolute Gasteiger partial charge is 0.310 e. The van der Waals surface area contributed by atoms with Gasteiger partial charge in [-0.3, -0.25) is 0 Å². The third-order valence-electron chi connectivity index (χ3n) is 4.59. The normalized spacial score (nSPS) is 17.0. The van der Waals surface area contributed by atoms with Gasteiger partial charge in [0.15, 0.2) is 0 Å². The predicted molar refractivity (Wildman–Crippen MR) is 95.7 cm³/mol. The van der Waals surface area contributed by atoms with Crippen molar-refractivity contribution < 1.29 is 0 Å². The summed E-state index contributed by atoms with van der Waals surface area (Å²) in [6.45, 7) is 0. The zero-order chi connectivity index (χ0) is 17.4. The van der Waals surface area contributed by atoms with Crippen LogP contribution in [-0.4, -0.2) is 4.57 Å². The fourth-order valence-corrected chi connectivity index (χ4v) is 3.54. The van der Waals surface area contributed by atoms with Gasteiger partial charge >= 0.3 is 0 Å². The van der Waals surface area contributed by atoms with Gasteiger partial charge in [-0.2, -0.15) is 15.8 Å². The van der Waals surface area contributed by atoms with E-state index in [-0.39, 0.29) is 0 Å². The number of hydrogen-bond donors (Lipinski definition) is 0. The molecule has 0 fully saturated rings. The lowest BCUT2D eigenvalue weighted by molar-refractivity contribution is 0.790. The van der Waals surface area contributed by atoms with E-state index in [0.29, 0.717) is 23.3 Å². The molecule has 1 heterocycles. The molecule has 4 rings (SSSR count). The van der Waals surface area contributed by atoms with Crippen molar-refractivity contribution >= 4 is 27.5 Å². The first-order valence-corrected chi connectivity index (χ1v) is 7.91. The number of benzene rings is 2. The number of allylic oxidation sites excluding steroid dienone is 4. The highest BCUT2D eigenvalue weighted by Gasteiger charge is 2.28. The molecule has 1 aliphatic carbocycles. The van der Waals surface area contributed by atoms with Crippen molar-refractivity contribution in [1.82, 2.24) is 4.57 Å². The topological polar surface area (TPSA) is 76.3 Å². The number of aromatic nitrogens is 1. The van der Waals surface area contributed by atoms with E-state index in [1.165, 1.54) is 0 Å². The minimum absolute atomic E-state index is 0.328. The van der Waals surface area contributed by atoms with Crippen molar-refractivity contribution in [3.05, 3.63) is 65.8 Å². The summed E-state index contributed by atoms with van der Waals surface area (Å²) < 4.78 is 2.00. The summed E-state index contributed by atoms with van der Waals surface area (Å²) in [5.41, 5.74) is 3.41. The Hall–Kier alpha value is -3.81.